The Morgan fingerprint density at radius 1 is 1.45 bits per heavy atom. The fourth-order valence-corrected chi connectivity index (χ4v) is 3.09. The molecule has 20 heavy (non-hydrogen) atoms. The number of aryl methyl sites for hydroxylation is 1. The summed E-state index contributed by atoms with van der Waals surface area (Å²) in [4.78, 5) is 8.17. The highest BCUT2D eigenvalue weighted by Crippen LogP contribution is 2.25. The van der Waals surface area contributed by atoms with Gasteiger partial charge >= 0.3 is 0 Å². The van der Waals surface area contributed by atoms with Crippen LogP contribution >= 0.6 is 11.3 Å². The number of hydrogen-bond acceptors (Lipinski definition) is 4. The molecule has 2 aromatic rings. The number of anilines is 1. The summed E-state index contributed by atoms with van der Waals surface area (Å²) in [7, 11) is 2.16. The van der Waals surface area contributed by atoms with Gasteiger partial charge < -0.3 is 10.2 Å². The second-order valence-electron chi connectivity index (χ2n) is 5.54. The minimum atomic E-state index is 0.728. The highest BCUT2D eigenvalue weighted by atomic mass is 32.1. The van der Waals surface area contributed by atoms with Crippen molar-refractivity contribution in [2.45, 2.75) is 38.9 Å². The van der Waals surface area contributed by atoms with E-state index in [4.69, 9.17) is 0 Å². The molecule has 0 unspecified atom stereocenters. The van der Waals surface area contributed by atoms with E-state index in [1.807, 2.05) is 17.5 Å². The summed E-state index contributed by atoms with van der Waals surface area (Å²) in [5, 5.41) is 5.72. The quantitative estimate of drug-likeness (QED) is 0.883. The van der Waals surface area contributed by atoms with Crippen LogP contribution < -0.4 is 10.2 Å². The zero-order valence-electron chi connectivity index (χ0n) is 12.1. The molecule has 0 atom stereocenters. The molecule has 0 aromatic carbocycles. The molecule has 1 aliphatic carbocycles. The van der Waals surface area contributed by atoms with Crippen molar-refractivity contribution < 1.29 is 0 Å². The summed E-state index contributed by atoms with van der Waals surface area (Å²) in [6, 6.07) is 7.22. The molecule has 1 aliphatic rings. The highest BCUT2D eigenvalue weighted by molar-refractivity contribution is 7.09. The summed E-state index contributed by atoms with van der Waals surface area (Å²) in [6.45, 7) is 3.93. The van der Waals surface area contributed by atoms with E-state index >= 15 is 0 Å². The zero-order chi connectivity index (χ0) is 13.9. The summed E-state index contributed by atoms with van der Waals surface area (Å²) >= 11 is 1.81. The molecule has 3 rings (SSSR count). The van der Waals surface area contributed by atoms with Crippen LogP contribution in [0.1, 0.15) is 29.0 Å². The Balaban J connectivity index is 1.76. The summed E-state index contributed by atoms with van der Waals surface area (Å²) in [5.41, 5.74) is 3.66. The molecule has 0 amide bonds. The van der Waals surface area contributed by atoms with E-state index in [0.29, 0.717) is 0 Å². The minimum Gasteiger partial charge on any atom is -0.369 e. The molecule has 0 spiro atoms. The van der Waals surface area contributed by atoms with Crippen LogP contribution in [0.5, 0.6) is 0 Å². The largest absolute Gasteiger partial charge is 0.369 e. The lowest BCUT2D eigenvalue weighted by molar-refractivity contribution is 0.683. The predicted octanol–water partition coefficient (Wildman–Crippen LogP) is 3.34. The summed E-state index contributed by atoms with van der Waals surface area (Å²) in [6.07, 6.45) is 4.66. The second kappa shape index (κ2) is 5.94. The number of nitrogens with one attached hydrogen (secondary N) is 1. The van der Waals surface area contributed by atoms with E-state index in [1.165, 1.54) is 29.0 Å². The molecular formula is C16H21N3S. The van der Waals surface area contributed by atoms with Gasteiger partial charge in [-0.3, -0.25) is 4.98 Å². The van der Waals surface area contributed by atoms with Gasteiger partial charge in [0.25, 0.3) is 0 Å². The fraction of sp³-hybridized carbons (Fsp3) is 0.438. The van der Waals surface area contributed by atoms with E-state index < -0.39 is 0 Å². The van der Waals surface area contributed by atoms with Crippen LogP contribution in [0.2, 0.25) is 0 Å². The number of hydrogen-bond donors (Lipinski definition) is 1. The van der Waals surface area contributed by atoms with Gasteiger partial charge in [-0.05, 0) is 37.3 Å². The van der Waals surface area contributed by atoms with Gasteiger partial charge in [0.1, 0.15) is 0 Å². The monoisotopic (exact) mass is 287 g/mol. The highest BCUT2D eigenvalue weighted by Gasteiger charge is 2.21. The molecule has 2 heterocycles. The van der Waals surface area contributed by atoms with Crippen LogP contribution in [0.4, 0.5) is 5.69 Å². The van der Waals surface area contributed by atoms with Gasteiger partial charge in [-0.15, -0.1) is 11.3 Å². The molecule has 0 saturated heterocycles. The zero-order valence-corrected chi connectivity index (χ0v) is 12.9. The van der Waals surface area contributed by atoms with Gasteiger partial charge in [-0.2, -0.15) is 0 Å². The molecule has 2 aromatic heterocycles. The smallest absolute Gasteiger partial charge is 0.0519 e. The average Bonchev–Trinajstić information content (AvgIpc) is 3.13. The van der Waals surface area contributed by atoms with Crippen LogP contribution in [0.15, 0.2) is 29.8 Å². The molecule has 4 heteroatoms. The molecular weight excluding hydrogens is 266 g/mol. The first-order chi connectivity index (χ1) is 9.72. The van der Waals surface area contributed by atoms with E-state index in [9.17, 15) is 0 Å². The van der Waals surface area contributed by atoms with Gasteiger partial charge in [-0.25, -0.2) is 0 Å². The standard InChI is InChI=1S/C16H21N3S/c1-12-8-16(19(2)11-15-4-3-7-20-15)13(9-17-12)10-18-14-5-6-14/h3-4,7-9,14,18H,5-6,10-11H2,1-2H3. The van der Waals surface area contributed by atoms with Crippen LogP contribution in [-0.4, -0.2) is 18.1 Å². The number of aromatic nitrogens is 1. The molecule has 1 N–H and O–H groups in total. The molecule has 3 nitrogen and oxygen atoms in total. The lowest BCUT2D eigenvalue weighted by Gasteiger charge is -2.22. The van der Waals surface area contributed by atoms with Crippen molar-refractivity contribution in [3.8, 4) is 0 Å². The van der Waals surface area contributed by atoms with Crippen LogP contribution in [0.3, 0.4) is 0 Å². The van der Waals surface area contributed by atoms with Gasteiger partial charge in [-0.1, -0.05) is 6.07 Å². The van der Waals surface area contributed by atoms with Crippen LogP contribution in [-0.2, 0) is 13.1 Å². The van der Waals surface area contributed by atoms with Gasteiger partial charge in [0.05, 0.1) is 6.54 Å². The van der Waals surface area contributed by atoms with E-state index in [1.54, 1.807) is 0 Å². The first-order valence-electron chi connectivity index (χ1n) is 7.15. The van der Waals surface area contributed by atoms with Crippen molar-refractivity contribution in [1.82, 2.24) is 10.3 Å². The number of pyridine rings is 1. The van der Waals surface area contributed by atoms with Gasteiger partial charge in [0.15, 0.2) is 0 Å². The van der Waals surface area contributed by atoms with E-state index in [-0.39, 0.29) is 0 Å². The van der Waals surface area contributed by atoms with Crippen molar-refractivity contribution in [1.29, 1.82) is 0 Å². The minimum absolute atomic E-state index is 0.728. The lowest BCUT2D eigenvalue weighted by atomic mass is 10.2. The maximum atomic E-state index is 4.45. The Morgan fingerprint density at radius 3 is 3.00 bits per heavy atom. The van der Waals surface area contributed by atoms with Gasteiger partial charge in [0, 0.05) is 47.7 Å². The van der Waals surface area contributed by atoms with Crippen molar-refractivity contribution >= 4 is 17.0 Å². The molecule has 0 radical (unpaired) electrons. The maximum Gasteiger partial charge on any atom is 0.0519 e. The van der Waals surface area contributed by atoms with Crippen molar-refractivity contribution in [3.63, 3.8) is 0 Å². The first kappa shape index (κ1) is 13.6. The third kappa shape index (κ3) is 3.38. The number of rotatable bonds is 6. The normalized spacial score (nSPS) is 14.5. The number of nitrogens with zero attached hydrogens (tertiary/aromatic N) is 2. The Labute approximate surface area is 124 Å². The number of thiophene rings is 1. The Bertz CT molecular complexity index is 561. The fourth-order valence-electron chi connectivity index (χ4n) is 2.33. The summed E-state index contributed by atoms with van der Waals surface area (Å²) in [5.74, 6) is 0. The molecule has 0 bridgehead atoms. The first-order valence-corrected chi connectivity index (χ1v) is 8.03. The van der Waals surface area contributed by atoms with Gasteiger partial charge in [0.2, 0.25) is 0 Å². The van der Waals surface area contributed by atoms with Crippen molar-refractivity contribution in [2.75, 3.05) is 11.9 Å². The lowest BCUT2D eigenvalue weighted by Crippen LogP contribution is -2.21. The molecule has 0 aliphatic heterocycles. The Morgan fingerprint density at radius 2 is 2.30 bits per heavy atom. The topological polar surface area (TPSA) is 28.2 Å². The maximum absolute atomic E-state index is 4.45. The SMILES string of the molecule is Cc1cc(N(C)Cc2cccs2)c(CNC2CC2)cn1. The van der Waals surface area contributed by atoms with Crippen LogP contribution in [0, 0.1) is 6.92 Å². The molecule has 1 saturated carbocycles. The molecule has 106 valence electrons. The molecule has 1 fully saturated rings. The van der Waals surface area contributed by atoms with E-state index in [0.717, 1.165) is 24.8 Å². The third-order valence-corrected chi connectivity index (χ3v) is 4.50. The van der Waals surface area contributed by atoms with E-state index in [2.05, 4.69) is 52.8 Å². The van der Waals surface area contributed by atoms with Crippen molar-refractivity contribution in [3.05, 3.63) is 45.9 Å². The Hall–Kier alpha value is -1.39. The Kier molecular flexibility index (Phi) is 4.03. The third-order valence-electron chi connectivity index (χ3n) is 3.64. The average molecular weight is 287 g/mol. The second-order valence-corrected chi connectivity index (χ2v) is 6.58. The predicted molar refractivity (Wildman–Crippen MR) is 85.3 cm³/mol. The van der Waals surface area contributed by atoms with Crippen LogP contribution in [0.25, 0.3) is 0 Å². The van der Waals surface area contributed by atoms with Crippen molar-refractivity contribution in [2.24, 2.45) is 0 Å². The summed E-state index contributed by atoms with van der Waals surface area (Å²) < 4.78 is 0.